The van der Waals surface area contributed by atoms with E-state index in [2.05, 4.69) is 5.23 Å². The molecule has 80 valence electrons. The lowest BCUT2D eigenvalue weighted by atomic mass is 9.67. The first-order valence-corrected chi connectivity index (χ1v) is 5.44. The Morgan fingerprint density at radius 2 is 1.93 bits per heavy atom. The van der Waals surface area contributed by atoms with Gasteiger partial charge in [0.05, 0.1) is 0 Å². The normalized spacial score (nSPS) is 18.3. The molecule has 4 heteroatoms. The van der Waals surface area contributed by atoms with Gasteiger partial charge >= 0.3 is 7.05 Å². The van der Waals surface area contributed by atoms with Crippen molar-refractivity contribution < 1.29 is 5.02 Å². The third-order valence-electron chi connectivity index (χ3n) is 3.16. The molecule has 1 aromatic rings. The highest BCUT2D eigenvalue weighted by atomic mass is 16.2. The smallest absolute Gasteiger partial charge is 0.374 e. The second-order valence-electron chi connectivity index (χ2n) is 4.38. The monoisotopic (exact) mass is 204 g/mol. The fraction of sp³-hybridized carbons (Fsp3) is 0.455. The van der Waals surface area contributed by atoms with Gasteiger partial charge in [-0.05, 0) is 43.8 Å². The molecular formula is C11H17BN2O. The molecule has 0 heterocycles. The van der Waals surface area contributed by atoms with E-state index in [9.17, 15) is 5.02 Å². The fourth-order valence-corrected chi connectivity index (χ4v) is 2.25. The van der Waals surface area contributed by atoms with Crippen LogP contribution < -0.4 is 11.0 Å². The van der Waals surface area contributed by atoms with E-state index in [1.807, 2.05) is 24.3 Å². The average Bonchev–Trinajstić information content (AvgIpc) is 2.13. The van der Waals surface area contributed by atoms with Gasteiger partial charge in [0.15, 0.2) is 0 Å². The maximum Gasteiger partial charge on any atom is 0.374 e. The van der Waals surface area contributed by atoms with E-state index in [1.54, 1.807) is 6.82 Å². The highest BCUT2D eigenvalue weighted by molar-refractivity contribution is 6.45. The van der Waals surface area contributed by atoms with Gasteiger partial charge < -0.3 is 16.0 Å². The summed E-state index contributed by atoms with van der Waals surface area (Å²) in [5.41, 5.74) is 7.64. The molecule has 1 saturated carbocycles. The van der Waals surface area contributed by atoms with Crippen LogP contribution in [0.3, 0.4) is 0 Å². The van der Waals surface area contributed by atoms with Gasteiger partial charge in [0.25, 0.3) is 0 Å². The van der Waals surface area contributed by atoms with E-state index < -0.39 is 7.05 Å². The van der Waals surface area contributed by atoms with Crippen LogP contribution in [0, 0.1) is 0 Å². The Hall–Kier alpha value is -0.995. The van der Waals surface area contributed by atoms with Gasteiger partial charge in [-0.15, -0.1) is 0 Å². The lowest BCUT2D eigenvalue weighted by Gasteiger charge is -2.44. The molecule has 0 atom stereocenters. The Balaban J connectivity index is 2.22. The highest BCUT2D eigenvalue weighted by Crippen LogP contribution is 2.41. The summed E-state index contributed by atoms with van der Waals surface area (Å²) in [7, 11) is -0.470. The molecule has 4 N–H and O–H groups in total. The Morgan fingerprint density at radius 1 is 1.33 bits per heavy atom. The molecule has 2 rings (SSSR count). The second kappa shape index (κ2) is 3.87. The maximum absolute atomic E-state index is 9.43. The van der Waals surface area contributed by atoms with Gasteiger partial charge in [0.2, 0.25) is 0 Å². The highest BCUT2D eigenvalue weighted by Gasteiger charge is 2.39. The van der Waals surface area contributed by atoms with Gasteiger partial charge in [-0.1, -0.05) is 12.1 Å². The summed E-state index contributed by atoms with van der Waals surface area (Å²) in [6.45, 7) is 1.76. The van der Waals surface area contributed by atoms with E-state index in [1.165, 1.54) is 12.0 Å². The van der Waals surface area contributed by atoms with Crippen LogP contribution in [0.1, 0.15) is 24.8 Å². The van der Waals surface area contributed by atoms with Gasteiger partial charge in [-0.2, -0.15) is 0 Å². The molecule has 0 spiro atoms. The predicted molar refractivity (Wildman–Crippen MR) is 63.4 cm³/mol. The third kappa shape index (κ3) is 2.01. The van der Waals surface area contributed by atoms with E-state index in [4.69, 9.17) is 5.73 Å². The molecule has 0 aliphatic heterocycles. The lowest BCUT2D eigenvalue weighted by Crippen LogP contribution is -2.53. The molecule has 15 heavy (non-hydrogen) atoms. The summed E-state index contributed by atoms with van der Waals surface area (Å²) in [5, 5.41) is 12.7. The first kappa shape index (κ1) is 10.5. The lowest BCUT2D eigenvalue weighted by molar-refractivity contribution is 0.215. The van der Waals surface area contributed by atoms with Crippen LogP contribution in [0.4, 0.5) is 5.69 Å². The van der Waals surface area contributed by atoms with Crippen molar-refractivity contribution in [1.29, 1.82) is 0 Å². The van der Waals surface area contributed by atoms with E-state index in [0.717, 1.165) is 18.5 Å². The summed E-state index contributed by atoms with van der Waals surface area (Å²) < 4.78 is 0. The van der Waals surface area contributed by atoms with Gasteiger partial charge in [-0.25, -0.2) is 0 Å². The van der Waals surface area contributed by atoms with Crippen molar-refractivity contribution >= 4 is 12.7 Å². The van der Waals surface area contributed by atoms with E-state index in [-0.39, 0.29) is 5.54 Å². The van der Waals surface area contributed by atoms with Crippen molar-refractivity contribution in [1.82, 2.24) is 5.23 Å². The third-order valence-corrected chi connectivity index (χ3v) is 3.16. The quantitative estimate of drug-likeness (QED) is 0.514. The Kier molecular flexibility index (Phi) is 2.71. The largest absolute Gasteiger partial charge is 0.437 e. The first-order valence-electron chi connectivity index (χ1n) is 5.44. The molecule has 0 bridgehead atoms. The van der Waals surface area contributed by atoms with Crippen molar-refractivity contribution in [3.63, 3.8) is 0 Å². The summed E-state index contributed by atoms with van der Waals surface area (Å²) in [6, 6.07) is 7.92. The molecule has 0 radical (unpaired) electrons. The minimum atomic E-state index is -0.470. The zero-order valence-electron chi connectivity index (χ0n) is 9.03. The molecular weight excluding hydrogens is 187 g/mol. The predicted octanol–water partition coefficient (Wildman–Crippen LogP) is 1.35. The Morgan fingerprint density at radius 3 is 2.33 bits per heavy atom. The number of nitrogen functional groups attached to an aromatic ring is 1. The topological polar surface area (TPSA) is 58.3 Å². The van der Waals surface area contributed by atoms with Crippen LogP contribution in [0.25, 0.3) is 0 Å². The molecule has 0 amide bonds. The minimum absolute atomic E-state index is 0.0259. The number of nitrogens with one attached hydrogen (secondary N) is 1. The standard InChI is InChI=1S/C11H17BN2O/c1-12(15)14-11(7-2-8-11)9-3-5-10(13)6-4-9/h3-6,14-15H,2,7-8,13H2,1H3. The van der Waals surface area contributed by atoms with Crippen LogP contribution in [0.5, 0.6) is 0 Å². The number of nitrogens with two attached hydrogens (primary N) is 1. The zero-order valence-corrected chi connectivity index (χ0v) is 9.03. The fourth-order valence-electron chi connectivity index (χ4n) is 2.25. The van der Waals surface area contributed by atoms with Crippen LogP contribution in [0.15, 0.2) is 24.3 Å². The first-order chi connectivity index (χ1) is 7.12. The summed E-state index contributed by atoms with van der Waals surface area (Å²) in [5.74, 6) is 0. The molecule has 0 saturated heterocycles. The van der Waals surface area contributed by atoms with Gasteiger partial charge in [0, 0.05) is 11.2 Å². The van der Waals surface area contributed by atoms with Crippen LogP contribution in [0.2, 0.25) is 6.82 Å². The molecule has 1 fully saturated rings. The number of anilines is 1. The molecule has 1 aliphatic rings. The maximum atomic E-state index is 9.43. The summed E-state index contributed by atoms with van der Waals surface area (Å²) >= 11 is 0. The van der Waals surface area contributed by atoms with Gasteiger partial charge in [0.1, 0.15) is 0 Å². The summed E-state index contributed by atoms with van der Waals surface area (Å²) in [6.07, 6.45) is 3.38. The number of benzene rings is 1. The Labute approximate surface area is 90.8 Å². The van der Waals surface area contributed by atoms with Crippen molar-refractivity contribution in [2.24, 2.45) is 0 Å². The average molecular weight is 204 g/mol. The minimum Gasteiger partial charge on any atom is -0.437 e. The number of hydrogen-bond acceptors (Lipinski definition) is 3. The van der Waals surface area contributed by atoms with E-state index >= 15 is 0 Å². The van der Waals surface area contributed by atoms with Crippen LogP contribution in [-0.4, -0.2) is 12.1 Å². The summed E-state index contributed by atoms with van der Waals surface area (Å²) in [4.78, 5) is 0. The molecule has 1 aromatic carbocycles. The van der Waals surface area contributed by atoms with Crippen LogP contribution in [-0.2, 0) is 5.54 Å². The molecule has 0 unspecified atom stereocenters. The van der Waals surface area contributed by atoms with Crippen molar-refractivity contribution in [2.45, 2.75) is 31.6 Å². The second-order valence-corrected chi connectivity index (χ2v) is 4.38. The van der Waals surface area contributed by atoms with Crippen molar-refractivity contribution in [3.8, 4) is 0 Å². The zero-order chi connectivity index (χ0) is 10.9. The van der Waals surface area contributed by atoms with Crippen molar-refractivity contribution in [2.75, 3.05) is 5.73 Å². The van der Waals surface area contributed by atoms with Crippen LogP contribution >= 0.6 is 0 Å². The number of hydrogen-bond donors (Lipinski definition) is 3. The Bertz CT molecular complexity index is 333. The molecule has 1 aliphatic carbocycles. The SMILES string of the molecule is CB(O)NC1(c2ccc(N)cc2)CCC1. The number of rotatable bonds is 3. The van der Waals surface area contributed by atoms with E-state index in [0.29, 0.717) is 0 Å². The molecule has 3 nitrogen and oxygen atoms in total. The van der Waals surface area contributed by atoms with Crippen molar-refractivity contribution in [3.05, 3.63) is 29.8 Å². The van der Waals surface area contributed by atoms with Gasteiger partial charge in [-0.3, -0.25) is 0 Å². The molecule has 0 aromatic heterocycles.